The monoisotopic (exact) mass is 385 g/mol. The molecule has 146 valence electrons. The van der Waals surface area contributed by atoms with Gasteiger partial charge in [0.25, 0.3) is 0 Å². The molecule has 4 nitrogen and oxygen atoms in total. The first-order valence-electron chi connectivity index (χ1n) is 10.1. The van der Waals surface area contributed by atoms with Gasteiger partial charge in [0.05, 0.1) is 10.9 Å². The second kappa shape index (κ2) is 9.45. The lowest BCUT2D eigenvalue weighted by Gasteiger charge is -2.26. The molecule has 1 fully saturated rings. The van der Waals surface area contributed by atoms with Gasteiger partial charge in [0.1, 0.15) is 0 Å². The molecule has 1 N–H and O–H groups in total. The van der Waals surface area contributed by atoms with Gasteiger partial charge in [-0.15, -0.1) is 0 Å². The second-order valence-electron chi connectivity index (χ2n) is 7.45. The molecule has 1 heterocycles. The summed E-state index contributed by atoms with van der Waals surface area (Å²) in [6, 6.07) is 10.6. The summed E-state index contributed by atoms with van der Waals surface area (Å²) in [5, 5.41) is 3.99. The van der Waals surface area contributed by atoms with Crippen LogP contribution >= 0.6 is 11.8 Å². The third-order valence-corrected chi connectivity index (χ3v) is 6.85. The molecule has 3 rings (SSSR count). The van der Waals surface area contributed by atoms with Crippen molar-refractivity contribution in [2.24, 2.45) is 0 Å². The first-order valence-corrected chi connectivity index (χ1v) is 11.0. The molecule has 0 saturated heterocycles. The number of aromatic nitrogens is 2. The van der Waals surface area contributed by atoms with Crippen molar-refractivity contribution in [2.45, 2.75) is 82.3 Å². The second-order valence-corrected chi connectivity index (χ2v) is 8.62. The van der Waals surface area contributed by atoms with Crippen LogP contribution in [0.3, 0.4) is 0 Å². The van der Waals surface area contributed by atoms with E-state index in [1.54, 1.807) is 11.8 Å². The highest BCUT2D eigenvalue weighted by Gasteiger charge is 2.26. The Morgan fingerprint density at radius 2 is 1.93 bits per heavy atom. The van der Waals surface area contributed by atoms with Crippen LogP contribution in [0.4, 0.5) is 0 Å². The van der Waals surface area contributed by atoms with E-state index in [1.165, 1.54) is 37.8 Å². The fourth-order valence-electron chi connectivity index (χ4n) is 3.80. The van der Waals surface area contributed by atoms with Crippen LogP contribution in [0, 0.1) is 13.8 Å². The maximum absolute atomic E-state index is 12.8. The van der Waals surface area contributed by atoms with Gasteiger partial charge < -0.3 is 9.88 Å². The topological polar surface area (TPSA) is 46.9 Å². The maximum atomic E-state index is 12.8. The molecule has 0 spiro atoms. The Hall–Kier alpha value is -1.75. The Balaban J connectivity index is 1.70. The third kappa shape index (κ3) is 4.95. The fraction of sp³-hybridized carbons (Fsp3) is 0.545. The number of hydrogen-bond acceptors (Lipinski definition) is 3. The van der Waals surface area contributed by atoms with Crippen molar-refractivity contribution in [2.75, 3.05) is 0 Å². The number of carbonyl (C=O) groups is 1. The Morgan fingerprint density at radius 3 is 2.59 bits per heavy atom. The van der Waals surface area contributed by atoms with Gasteiger partial charge in [0.15, 0.2) is 5.16 Å². The summed E-state index contributed by atoms with van der Waals surface area (Å²) in [7, 11) is 0. The molecule has 27 heavy (non-hydrogen) atoms. The largest absolute Gasteiger partial charge is 0.351 e. The van der Waals surface area contributed by atoms with E-state index in [-0.39, 0.29) is 11.2 Å². The van der Waals surface area contributed by atoms with Crippen LogP contribution < -0.4 is 5.32 Å². The highest BCUT2D eigenvalue weighted by atomic mass is 32.2. The zero-order chi connectivity index (χ0) is 19.2. The van der Waals surface area contributed by atoms with Crippen LogP contribution in [-0.2, 0) is 11.3 Å². The number of benzene rings is 1. The average Bonchev–Trinajstić information content (AvgIpc) is 2.99. The number of hydrogen-bond donors (Lipinski definition) is 1. The smallest absolute Gasteiger partial charge is 0.233 e. The molecule has 1 aliphatic rings. The van der Waals surface area contributed by atoms with Crippen LogP contribution in [0.15, 0.2) is 35.5 Å². The first kappa shape index (κ1) is 20.0. The Bertz CT molecular complexity index is 750. The minimum Gasteiger partial charge on any atom is -0.351 e. The zero-order valence-electron chi connectivity index (χ0n) is 16.7. The van der Waals surface area contributed by atoms with Gasteiger partial charge in [0.2, 0.25) is 5.91 Å². The van der Waals surface area contributed by atoms with E-state index in [9.17, 15) is 4.79 Å². The van der Waals surface area contributed by atoms with E-state index >= 15 is 0 Å². The molecule has 2 aromatic rings. The van der Waals surface area contributed by atoms with Crippen LogP contribution in [-0.4, -0.2) is 20.7 Å². The molecule has 1 saturated carbocycles. The van der Waals surface area contributed by atoms with Gasteiger partial charge >= 0.3 is 0 Å². The number of thioether (sulfide) groups is 1. The molecule has 1 aliphatic carbocycles. The molecule has 0 bridgehead atoms. The maximum Gasteiger partial charge on any atom is 0.233 e. The quantitative estimate of drug-likeness (QED) is 0.667. The van der Waals surface area contributed by atoms with E-state index in [0.717, 1.165) is 22.8 Å². The minimum atomic E-state index is -0.114. The Kier molecular flexibility index (Phi) is 7.00. The van der Waals surface area contributed by atoms with Gasteiger partial charge in [-0.1, -0.05) is 68.3 Å². The summed E-state index contributed by atoms with van der Waals surface area (Å²) in [5.74, 6) is 0.0971. The van der Waals surface area contributed by atoms with Crippen molar-refractivity contribution in [1.29, 1.82) is 0 Å². The molecule has 1 atom stereocenters. The van der Waals surface area contributed by atoms with Crippen molar-refractivity contribution in [3.8, 4) is 0 Å². The van der Waals surface area contributed by atoms with E-state index in [4.69, 9.17) is 4.98 Å². The lowest BCUT2D eigenvalue weighted by molar-refractivity contribution is -0.120. The van der Waals surface area contributed by atoms with Gasteiger partial charge in [-0.25, -0.2) is 4.98 Å². The van der Waals surface area contributed by atoms with E-state index < -0.39 is 0 Å². The van der Waals surface area contributed by atoms with Crippen molar-refractivity contribution < 1.29 is 4.79 Å². The standard InChI is InChI=1S/C22H31N3OS/c1-4-20(21(26)23-15-18-11-7-5-8-12-18)27-22-24-16(2)17(3)25(22)19-13-9-6-10-14-19/h5,7-8,11-12,19-20H,4,6,9-10,13-15H2,1-3H3,(H,23,26). The highest BCUT2D eigenvalue weighted by molar-refractivity contribution is 8.00. The van der Waals surface area contributed by atoms with Crippen LogP contribution in [0.25, 0.3) is 0 Å². The first-order chi connectivity index (χ1) is 13.1. The molecule has 1 aromatic carbocycles. The molecular formula is C22H31N3OS. The van der Waals surface area contributed by atoms with Crippen molar-refractivity contribution in [3.63, 3.8) is 0 Å². The van der Waals surface area contributed by atoms with Crippen molar-refractivity contribution >= 4 is 17.7 Å². The molecule has 0 aliphatic heterocycles. The molecule has 5 heteroatoms. The number of aryl methyl sites for hydroxylation is 1. The average molecular weight is 386 g/mol. The number of imidazole rings is 1. The predicted molar refractivity (Wildman–Crippen MR) is 112 cm³/mol. The SMILES string of the molecule is CCC(Sc1nc(C)c(C)n1C1CCCCC1)C(=O)NCc1ccccc1. The predicted octanol–water partition coefficient (Wildman–Crippen LogP) is 5.19. The van der Waals surface area contributed by atoms with Gasteiger partial charge in [-0.05, 0) is 38.7 Å². The summed E-state index contributed by atoms with van der Waals surface area (Å²) >= 11 is 1.63. The van der Waals surface area contributed by atoms with E-state index in [0.29, 0.717) is 12.6 Å². The Morgan fingerprint density at radius 1 is 1.22 bits per heavy atom. The molecule has 1 aromatic heterocycles. The summed E-state index contributed by atoms with van der Waals surface area (Å²) in [5.41, 5.74) is 3.47. The van der Waals surface area contributed by atoms with E-state index in [2.05, 4.69) is 30.7 Å². The molecule has 1 amide bonds. The van der Waals surface area contributed by atoms with Gasteiger partial charge in [-0.3, -0.25) is 4.79 Å². The normalized spacial score (nSPS) is 16.3. The lowest BCUT2D eigenvalue weighted by Crippen LogP contribution is -2.32. The van der Waals surface area contributed by atoms with Crippen LogP contribution in [0.1, 0.15) is 68.4 Å². The van der Waals surface area contributed by atoms with Gasteiger partial charge in [-0.2, -0.15) is 0 Å². The van der Waals surface area contributed by atoms with Crippen molar-refractivity contribution in [3.05, 3.63) is 47.3 Å². The zero-order valence-corrected chi connectivity index (χ0v) is 17.5. The van der Waals surface area contributed by atoms with Gasteiger partial charge in [0, 0.05) is 18.3 Å². The highest BCUT2D eigenvalue weighted by Crippen LogP contribution is 2.36. The van der Waals surface area contributed by atoms with E-state index in [1.807, 2.05) is 30.3 Å². The number of nitrogens with one attached hydrogen (secondary N) is 1. The third-order valence-electron chi connectivity index (χ3n) is 5.51. The fourth-order valence-corrected chi connectivity index (χ4v) is 5.00. The molecule has 0 radical (unpaired) electrons. The summed E-state index contributed by atoms with van der Waals surface area (Å²) < 4.78 is 2.41. The number of rotatable bonds is 7. The van der Waals surface area contributed by atoms with Crippen LogP contribution in [0.2, 0.25) is 0 Å². The summed E-state index contributed by atoms with van der Waals surface area (Å²) in [6.07, 6.45) is 7.16. The number of nitrogens with zero attached hydrogens (tertiary/aromatic N) is 2. The number of carbonyl (C=O) groups excluding carboxylic acids is 1. The molecular weight excluding hydrogens is 354 g/mol. The Labute approximate surface area is 167 Å². The lowest BCUT2D eigenvalue weighted by atomic mass is 9.95. The molecule has 1 unspecified atom stereocenters. The summed E-state index contributed by atoms with van der Waals surface area (Å²) in [4.78, 5) is 17.6. The minimum absolute atomic E-state index is 0.0971. The van der Waals surface area contributed by atoms with Crippen molar-refractivity contribution in [1.82, 2.24) is 14.9 Å². The van der Waals surface area contributed by atoms with Crippen LogP contribution in [0.5, 0.6) is 0 Å². The summed E-state index contributed by atoms with van der Waals surface area (Å²) in [6.45, 7) is 6.89. The number of amides is 1.